The van der Waals surface area contributed by atoms with Crippen molar-refractivity contribution in [3.05, 3.63) is 30.2 Å². The maximum absolute atomic E-state index is 10.4. The second kappa shape index (κ2) is 7.94. The van der Waals surface area contributed by atoms with Gasteiger partial charge in [-0.15, -0.1) is 22.0 Å². The molecule has 0 spiro atoms. The minimum atomic E-state index is -0.930. The zero-order chi connectivity index (χ0) is 15.1. The Morgan fingerprint density at radius 3 is 2.71 bits per heavy atom. The summed E-state index contributed by atoms with van der Waals surface area (Å²) in [6, 6.07) is 7.75. The van der Waals surface area contributed by atoms with Crippen molar-refractivity contribution >= 4 is 29.5 Å². The molecule has 1 aromatic carbocycles. The molecule has 0 radical (unpaired) electrons. The van der Waals surface area contributed by atoms with E-state index in [1.165, 1.54) is 4.90 Å². The third-order valence-electron chi connectivity index (χ3n) is 2.26. The van der Waals surface area contributed by atoms with Crippen molar-refractivity contribution in [1.29, 1.82) is 0 Å². The number of carbonyl (C=O) groups is 1. The van der Waals surface area contributed by atoms with Crippen molar-refractivity contribution in [1.82, 2.24) is 10.2 Å². The highest BCUT2D eigenvalue weighted by molar-refractivity contribution is 7.99. The fraction of sp³-hybridized carbons (Fsp3) is 0.308. The summed E-state index contributed by atoms with van der Waals surface area (Å²) < 4.78 is 10.8. The van der Waals surface area contributed by atoms with Crippen LogP contribution in [-0.2, 0) is 11.4 Å². The number of nitrogens with zero attached hydrogens (tertiary/aromatic N) is 2. The van der Waals surface area contributed by atoms with E-state index < -0.39 is 5.97 Å². The molecule has 21 heavy (non-hydrogen) atoms. The van der Waals surface area contributed by atoms with Gasteiger partial charge in [0.05, 0.1) is 0 Å². The predicted octanol–water partition coefficient (Wildman–Crippen LogP) is 2.94. The number of hydrogen-bond acceptors (Lipinski definition) is 7. The van der Waals surface area contributed by atoms with Gasteiger partial charge in [-0.2, -0.15) is 0 Å². The standard InChI is InChI=1S/C13H14N2O4S2/c1-2-20-10-5-3-9(4-6-10)18-7-11-14-15-13(19-11)21-8-12(16)17/h3-6H,2,7-8H2,1H3,(H,16,17). The number of carboxylic acid groups (broad SMARTS) is 1. The molecule has 0 amide bonds. The molecule has 0 saturated carbocycles. The quantitative estimate of drug-likeness (QED) is 0.741. The summed E-state index contributed by atoms with van der Waals surface area (Å²) >= 11 is 2.74. The van der Waals surface area contributed by atoms with Crippen LogP contribution in [-0.4, -0.2) is 32.8 Å². The highest BCUT2D eigenvalue weighted by atomic mass is 32.2. The maximum Gasteiger partial charge on any atom is 0.314 e. The molecule has 2 rings (SSSR count). The molecule has 0 saturated heterocycles. The second-order valence-electron chi connectivity index (χ2n) is 3.84. The molecule has 0 bridgehead atoms. The van der Waals surface area contributed by atoms with Gasteiger partial charge in [-0.3, -0.25) is 4.79 Å². The Balaban J connectivity index is 1.83. The number of thioether (sulfide) groups is 2. The van der Waals surface area contributed by atoms with E-state index in [1.54, 1.807) is 11.8 Å². The number of rotatable bonds is 8. The van der Waals surface area contributed by atoms with Crippen molar-refractivity contribution in [3.63, 3.8) is 0 Å². The van der Waals surface area contributed by atoms with Gasteiger partial charge in [0.15, 0.2) is 6.61 Å². The first kappa shape index (κ1) is 15.7. The number of ether oxygens (including phenoxy) is 1. The van der Waals surface area contributed by atoms with Crippen LogP contribution < -0.4 is 4.74 Å². The molecule has 0 aliphatic carbocycles. The number of carboxylic acids is 1. The van der Waals surface area contributed by atoms with Crippen molar-refractivity contribution in [2.75, 3.05) is 11.5 Å². The zero-order valence-electron chi connectivity index (χ0n) is 11.3. The van der Waals surface area contributed by atoms with Gasteiger partial charge in [0, 0.05) is 4.90 Å². The van der Waals surface area contributed by atoms with E-state index in [0.29, 0.717) is 11.6 Å². The van der Waals surface area contributed by atoms with Crippen LogP contribution in [0.15, 0.2) is 38.8 Å². The van der Waals surface area contributed by atoms with E-state index in [2.05, 4.69) is 17.1 Å². The summed E-state index contributed by atoms with van der Waals surface area (Å²) in [6.45, 7) is 2.26. The molecule has 1 aromatic heterocycles. The Morgan fingerprint density at radius 2 is 2.05 bits per heavy atom. The molecule has 8 heteroatoms. The highest BCUT2D eigenvalue weighted by Crippen LogP contribution is 2.22. The van der Waals surface area contributed by atoms with Crippen molar-refractivity contribution < 1.29 is 19.1 Å². The van der Waals surface area contributed by atoms with Gasteiger partial charge in [0.2, 0.25) is 0 Å². The molecular weight excluding hydrogens is 312 g/mol. The molecule has 1 N–H and O–H groups in total. The Hall–Kier alpha value is -1.67. The Kier molecular flexibility index (Phi) is 5.94. The van der Waals surface area contributed by atoms with Gasteiger partial charge in [-0.1, -0.05) is 18.7 Å². The van der Waals surface area contributed by atoms with Gasteiger partial charge < -0.3 is 14.3 Å². The van der Waals surface area contributed by atoms with Crippen LogP contribution in [0.25, 0.3) is 0 Å². The number of aliphatic carboxylic acids is 1. The molecular formula is C13H14N2O4S2. The maximum atomic E-state index is 10.4. The van der Waals surface area contributed by atoms with E-state index in [9.17, 15) is 4.79 Å². The van der Waals surface area contributed by atoms with Gasteiger partial charge >= 0.3 is 5.97 Å². The van der Waals surface area contributed by atoms with Crippen LogP contribution in [0.2, 0.25) is 0 Å². The van der Waals surface area contributed by atoms with Gasteiger partial charge in [0.25, 0.3) is 11.1 Å². The Bertz CT molecular complexity index is 586. The summed E-state index contributed by atoms with van der Waals surface area (Å²) in [7, 11) is 0. The van der Waals surface area contributed by atoms with E-state index in [4.69, 9.17) is 14.3 Å². The third-order valence-corrected chi connectivity index (χ3v) is 3.96. The van der Waals surface area contributed by atoms with Crippen LogP contribution in [0.5, 0.6) is 5.75 Å². The van der Waals surface area contributed by atoms with Gasteiger partial charge in [0.1, 0.15) is 11.5 Å². The van der Waals surface area contributed by atoms with Crippen molar-refractivity contribution in [2.45, 2.75) is 23.6 Å². The van der Waals surface area contributed by atoms with Crippen LogP contribution >= 0.6 is 23.5 Å². The first-order valence-corrected chi connectivity index (χ1v) is 8.17. The predicted molar refractivity (Wildman–Crippen MR) is 79.8 cm³/mol. The third kappa shape index (κ3) is 5.31. The van der Waals surface area contributed by atoms with Crippen LogP contribution in [0.3, 0.4) is 0 Å². The average Bonchev–Trinajstić information content (AvgIpc) is 2.93. The minimum Gasteiger partial charge on any atom is -0.484 e. The van der Waals surface area contributed by atoms with Gasteiger partial charge in [-0.25, -0.2) is 0 Å². The average molecular weight is 326 g/mol. The molecule has 0 atom stereocenters. The summed E-state index contributed by atoms with van der Waals surface area (Å²) in [5, 5.41) is 16.3. The van der Waals surface area contributed by atoms with E-state index in [1.807, 2.05) is 24.3 Å². The first-order chi connectivity index (χ1) is 10.2. The fourth-order valence-electron chi connectivity index (χ4n) is 1.42. The number of hydrogen-bond donors (Lipinski definition) is 1. The molecule has 0 aliphatic rings. The van der Waals surface area contributed by atoms with Crippen LogP contribution in [0.1, 0.15) is 12.8 Å². The molecule has 112 valence electrons. The topological polar surface area (TPSA) is 85.5 Å². The largest absolute Gasteiger partial charge is 0.484 e. The molecule has 0 unspecified atom stereocenters. The summed E-state index contributed by atoms with van der Waals surface area (Å²) in [5.41, 5.74) is 0. The Morgan fingerprint density at radius 1 is 1.29 bits per heavy atom. The SMILES string of the molecule is CCSc1ccc(OCc2nnc(SCC(=O)O)o2)cc1. The summed E-state index contributed by atoms with van der Waals surface area (Å²) in [6.07, 6.45) is 0. The molecule has 2 aromatic rings. The van der Waals surface area contributed by atoms with E-state index in [-0.39, 0.29) is 17.6 Å². The summed E-state index contributed by atoms with van der Waals surface area (Å²) in [4.78, 5) is 11.6. The van der Waals surface area contributed by atoms with Crippen LogP contribution in [0, 0.1) is 0 Å². The minimum absolute atomic E-state index is 0.112. The molecule has 0 fully saturated rings. The zero-order valence-corrected chi connectivity index (χ0v) is 12.9. The van der Waals surface area contributed by atoms with Crippen molar-refractivity contribution in [2.24, 2.45) is 0 Å². The smallest absolute Gasteiger partial charge is 0.314 e. The van der Waals surface area contributed by atoms with Crippen LogP contribution in [0.4, 0.5) is 0 Å². The monoisotopic (exact) mass is 326 g/mol. The number of benzene rings is 1. The molecule has 6 nitrogen and oxygen atoms in total. The first-order valence-electron chi connectivity index (χ1n) is 6.20. The molecule has 0 aliphatic heterocycles. The van der Waals surface area contributed by atoms with E-state index in [0.717, 1.165) is 17.5 Å². The molecule has 1 heterocycles. The summed E-state index contributed by atoms with van der Waals surface area (Å²) in [5.74, 6) is 1.02. The fourth-order valence-corrected chi connectivity index (χ4v) is 2.58. The Labute approximate surface area is 130 Å². The normalized spacial score (nSPS) is 10.5. The number of aromatic nitrogens is 2. The lowest BCUT2D eigenvalue weighted by molar-refractivity contribution is -0.133. The lowest BCUT2D eigenvalue weighted by Crippen LogP contribution is -1.97. The van der Waals surface area contributed by atoms with E-state index >= 15 is 0 Å². The van der Waals surface area contributed by atoms with Crippen molar-refractivity contribution in [3.8, 4) is 5.75 Å². The lowest BCUT2D eigenvalue weighted by atomic mass is 10.3. The van der Waals surface area contributed by atoms with Gasteiger partial charge in [-0.05, 0) is 30.0 Å². The lowest BCUT2D eigenvalue weighted by Gasteiger charge is -2.04. The second-order valence-corrected chi connectivity index (χ2v) is 6.10. The highest BCUT2D eigenvalue weighted by Gasteiger charge is 2.09.